The quantitative estimate of drug-likeness (QED) is 0.533. The van der Waals surface area contributed by atoms with E-state index in [0.717, 1.165) is 25.9 Å². The average molecular weight is 283 g/mol. The van der Waals surface area contributed by atoms with Gasteiger partial charge in [-0.25, -0.2) is 4.68 Å². The number of aliphatic hydroxyl groups excluding tert-OH is 1. The van der Waals surface area contributed by atoms with Crippen molar-refractivity contribution in [3.63, 3.8) is 0 Å². The van der Waals surface area contributed by atoms with Crippen LogP contribution in [-0.4, -0.2) is 63.0 Å². The van der Waals surface area contributed by atoms with E-state index in [4.69, 9.17) is 5.11 Å². The molecule has 8 nitrogen and oxygen atoms in total. The number of carbonyl (C=O) groups excluding carboxylic acids is 1. The van der Waals surface area contributed by atoms with Crippen molar-refractivity contribution in [1.29, 1.82) is 0 Å². The van der Waals surface area contributed by atoms with Gasteiger partial charge in [0.15, 0.2) is 5.69 Å². The molecule has 1 amide bonds. The molecule has 1 saturated heterocycles. The smallest absolute Gasteiger partial charge is 0.273 e. The Bertz CT molecular complexity index is 454. The summed E-state index contributed by atoms with van der Waals surface area (Å²) in [4.78, 5) is 11.9. The van der Waals surface area contributed by atoms with Crippen LogP contribution in [0.25, 0.3) is 0 Å². The van der Waals surface area contributed by atoms with E-state index in [-0.39, 0.29) is 18.3 Å². The summed E-state index contributed by atoms with van der Waals surface area (Å²) in [6.45, 7) is 2.85. The normalized spacial score (nSPS) is 19.6. The Hall–Kier alpha value is -1.51. The van der Waals surface area contributed by atoms with E-state index in [0.29, 0.717) is 0 Å². The molecule has 0 aliphatic carbocycles. The highest BCUT2D eigenvalue weighted by atomic mass is 16.3. The second kappa shape index (κ2) is 6.29. The topological polar surface area (TPSA) is 112 Å². The third-order valence-corrected chi connectivity index (χ3v) is 3.40. The molecule has 0 aromatic carbocycles. The van der Waals surface area contributed by atoms with Crippen LogP contribution in [0.15, 0.2) is 6.20 Å². The molecule has 1 fully saturated rings. The van der Waals surface area contributed by atoms with Gasteiger partial charge in [-0.2, -0.15) is 0 Å². The predicted octanol–water partition coefficient (Wildman–Crippen LogP) is -1.32. The Labute approximate surface area is 117 Å². The first kappa shape index (κ1) is 14.9. The third-order valence-electron chi connectivity index (χ3n) is 3.40. The number of hydrogen-bond acceptors (Lipinski definition) is 6. The molecular weight excluding hydrogens is 262 g/mol. The Morgan fingerprint density at radius 2 is 2.30 bits per heavy atom. The van der Waals surface area contributed by atoms with E-state index in [1.54, 1.807) is 10.9 Å². The van der Waals surface area contributed by atoms with Crippen LogP contribution in [0.1, 0.15) is 36.3 Å². The fourth-order valence-electron chi connectivity index (χ4n) is 2.05. The lowest BCUT2D eigenvalue weighted by Gasteiger charge is -2.22. The van der Waals surface area contributed by atoms with Crippen molar-refractivity contribution < 1.29 is 15.0 Å². The van der Waals surface area contributed by atoms with Gasteiger partial charge in [-0.15, -0.1) is 5.10 Å². The molecule has 1 aromatic rings. The average Bonchev–Trinajstić information content (AvgIpc) is 2.96. The van der Waals surface area contributed by atoms with Gasteiger partial charge in [-0.3, -0.25) is 4.79 Å². The number of nitrogens with zero attached hydrogens (tertiary/aromatic N) is 3. The summed E-state index contributed by atoms with van der Waals surface area (Å²) in [6, 6.07) is 0.269. The van der Waals surface area contributed by atoms with Crippen molar-refractivity contribution in [2.45, 2.75) is 31.4 Å². The standard InChI is InChI=1S/C12H21N5O3/c1-12(20,8-18)7-14-11(19)10-6-17(16-15-10)9-2-4-13-5-3-9/h6,9,13,18,20H,2-5,7-8H2,1H3,(H,14,19). The third kappa shape index (κ3) is 3.75. The van der Waals surface area contributed by atoms with Crippen LogP contribution in [0.4, 0.5) is 0 Å². The Morgan fingerprint density at radius 3 is 2.95 bits per heavy atom. The highest BCUT2D eigenvalue weighted by Gasteiger charge is 2.22. The van der Waals surface area contributed by atoms with Crippen LogP contribution in [0.5, 0.6) is 0 Å². The van der Waals surface area contributed by atoms with E-state index in [2.05, 4.69) is 20.9 Å². The number of piperidine rings is 1. The van der Waals surface area contributed by atoms with Gasteiger partial charge in [0.2, 0.25) is 0 Å². The zero-order chi connectivity index (χ0) is 14.6. The summed E-state index contributed by atoms with van der Waals surface area (Å²) < 4.78 is 1.72. The molecule has 0 radical (unpaired) electrons. The van der Waals surface area contributed by atoms with E-state index in [1.807, 2.05) is 0 Å². The molecule has 20 heavy (non-hydrogen) atoms. The van der Waals surface area contributed by atoms with Crippen molar-refractivity contribution in [3.05, 3.63) is 11.9 Å². The number of amides is 1. The van der Waals surface area contributed by atoms with Gasteiger partial charge >= 0.3 is 0 Å². The molecule has 0 spiro atoms. The highest BCUT2D eigenvalue weighted by Crippen LogP contribution is 2.16. The van der Waals surface area contributed by atoms with Crippen LogP contribution in [-0.2, 0) is 0 Å². The van der Waals surface area contributed by atoms with Crippen LogP contribution in [0.2, 0.25) is 0 Å². The molecule has 1 unspecified atom stereocenters. The van der Waals surface area contributed by atoms with E-state index >= 15 is 0 Å². The lowest BCUT2D eigenvalue weighted by molar-refractivity contribution is 0.00316. The number of nitrogens with one attached hydrogen (secondary N) is 2. The largest absolute Gasteiger partial charge is 0.393 e. The molecule has 1 atom stereocenters. The Kier molecular flexibility index (Phi) is 4.69. The van der Waals surface area contributed by atoms with Crippen molar-refractivity contribution in [1.82, 2.24) is 25.6 Å². The maximum atomic E-state index is 11.9. The molecule has 2 heterocycles. The van der Waals surface area contributed by atoms with Gasteiger partial charge < -0.3 is 20.8 Å². The second-order valence-corrected chi connectivity index (χ2v) is 5.40. The maximum absolute atomic E-state index is 11.9. The minimum Gasteiger partial charge on any atom is -0.393 e. The molecule has 2 rings (SSSR count). The second-order valence-electron chi connectivity index (χ2n) is 5.40. The molecule has 1 aliphatic rings. The fraction of sp³-hybridized carbons (Fsp3) is 0.750. The van der Waals surface area contributed by atoms with Crippen LogP contribution >= 0.6 is 0 Å². The fourth-order valence-corrected chi connectivity index (χ4v) is 2.05. The molecule has 1 aromatic heterocycles. The minimum atomic E-state index is -1.33. The van der Waals surface area contributed by atoms with Gasteiger partial charge in [-0.05, 0) is 32.9 Å². The first-order valence-electron chi connectivity index (χ1n) is 6.76. The van der Waals surface area contributed by atoms with Crippen LogP contribution in [0, 0.1) is 0 Å². The molecule has 112 valence electrons. The maximum Gasteiger partial charge on any atom is 0.273 e. The van der Waals surface area contributed by atoms with Crippen LogP contribution < -0.4 is 10.6 Å². The molecule has 8 heteroatoms. The summed E-state index contributed by atoms with van der Waals surface area (Å²) in [5, 5.41) is 32.2. The molecular formula is C12H21N5O3. The van der Waals surface area contributed by atoms with Crippen molar-refractivity contribution >= 4 is 5.91 Å². The van der Waals surface area contributed by atoms with Gasteiger partial charge in [-0.1, -0.05) is 5.21 Å². The van der Waals surface area contributed by atoms with E-state index < -0.39 is 18.1 Å². The lowest BCUT2D eigenvalue weighted by atomic mass is 10.1. The molecule has 0 bridgehead atoms. The van der Waals surface area contributed by atoms with E-state index in [1.165, 1.54) is 6.92 Å². The van der Waals surface area contributed by atoms with Gasteiger partial charge in [0.25, 0.3) is 5.91 Å². The number of aliphatic hydroxyl groups is 2. The Morgan fingerprint density at radius 1 is 1.60 bits per heavy atom. The summed E-state index contributed by atoms with van der Waals surface area (Å²) in [7, 11) is 0. The molecule has 0 saturated carbocycles. The van der Waals surface area contributed by atoms with Crippen molar-refractivity contribution in [2.24, 2.45) is 0 Å². The van der Waals surface area contributed by atoms with E-state index in [9.17, 15) is 9.90 Å². The van der Waals surface area contributed by atoms with Crippen LogP contribution in [0.3, 0.4) is 0 Å². The minimum absolute atomic E-state index is 0.0391. The molecule has 1 aliphatic heterocycles. The summed E-state index contributed by atoms with van der Waals surface area (Å²) in [5.41, 5.74) is -1.11. The number of carbonyl (C=O) groups is 1. The highest BCUT2D eigenvalue weighted by molar-refractivity contribution is 5.91. The van der Waals surface area contributed by atoms with Gasteiger partial charge in [0, 0.05) is 6.54 Å². The molecule has 4 N–H and O–H groups in total. The Balaban J connectivity index is 1.92. The van der Waals surface area contributed by atoms with Crippen molar-refractivity contribution in [3.8, 4) is 0 Å². The lowest BCUT2D eigenvalue weighted by Crippen LogP contribution is -2.43. The zero-order valence-electron chi connectivity index (χ0n) is 11.5. The number of rotatable bonds is 5. The van der Waals surface area contributed by atoms with Crippen molar-refractivity contribution in [2.75, 3.05) is 26.2 Å². The first-order chi connectivity index (χ1) is 9.52. The van der Waals surface area contributed by atoms with Gasteiger partial charge in [0.1, 0.15) is 5.60 Å². The predicted molar refractivity (Wildman–Crippen MR) is 71.2 cm³/mol. The monoisotopic (exact) mass is 283 g/mol. The summed E-state index contributed by atoms with van der Waals surface area (Å²) in [6.07, 6.45) is 3.55. The summed E-state index contributed by atoms with van der Waals surface area (Å²) in [5.74, 6) is -0.404. The summed E-state index contributed by atoms with van der Waals surface area (Å²) >= 11 is 0. The number of aromatic nitrogens is 3. The van der Waals surface area contributed by atoms with Gasteiger partial charge in [0.05, 0.1) is 18.8 Å². The number of hydrogen-bond donors (Lipinski definition) is 4. The SMILES string of the molecule is CC(O)(CO)CNC(=O)c1cn(C2CCNCC2)nn1. The zero-order valence-corrected chi connectivity index (χ0v) is 11.5. The first-order valence-corrected chi connectivity index (χ1v) is 6.76.